The van der Waals surface area contributed by atoms with Crippen LogP contribution in [0.5, 0.6) is 0 Å². The van der Waals surface area contributed by atoms with Crippen molar-refractivity contribution < 1.29 is 4.79 Å². The number of carbonyl (C=O) groups is 1. The van der Waals surface area contributed by atoms with Crippen LogP contribution < -0.4 is 0 Å². The van der Waals surface area contributed by atoms with Gasteiger partial charge >= 0.3 is 0 Å². The first kappa shape index (κ1) is 14.5. The van der Waals surface area contributed by atoms with Gasteiger partial charge in [-0.2, -0.15) is 5.26 Å². The molecule has 1 aliphatic carbocycles. The molecule has 0 heterocycles. The average Bonchev–Trinajstić information content (AvgIpc) is 2.58. The lowest BCUT2D eigenvalue weighted by Crippen LogP contribution is -2.38. The molecule has 1 fully saturated rings. The van der Waals surface area contributed by atoms with Gasteiger partial charge in [-0.3, -0.25) is 4.79 Å². The molecule has 0 N–H and O–H groups in total. The number of nitriles is 1. The number of nitrogens with zero attached hydrogens (tertiary/aromatic N) is 1. The molecule has 0 spiro atoms. The molecule has 2 heteroatoms. The first-order valence-corrected chi connectivity index (χ1v) is 7.68. The second-order valence-electron chi connectivity index (χ2n) is 6.27. The van der Waals surface area contributed by atoms with E-state index in [4.69, 9.17) is 0 Å². The monoisotopic (exact) mass is 289 g/mol. The molecule has 2 atom stereocenters. The van der Waals surface area contributed by atoms with E-state index in [1.54, 1.807) is 0 Å². The Bertz CT molecular complexity index is 648. The normalized spacial score (nSPS) is 28.1. The van der Waals surface area contributed by atoms with E-state index < -0.39 is 5.41 Å². The molecule has 2 nitrogen and oxygen atoms in total. The second kappa shape index (κ2) is 5.77. The highest BCUT2D eigenvalue weighted by Crippen LogP contribution is 2.53. The van der Waals surface area contributed by atoms with Crippen molar-refractivity contribution in [2.45, 2.75) is 31.6 Å². The maximum absolute atomic E-state index is 12.3. The quantitative estimate of drug-likeness (QED) is 0.819. The summed E-state index contributed by atoms with van der Waals surface area (Å²) in [6, 6.07) is 22.5. The van der Waals surface area contributed by atoms with E-state index >= 15 is 0 Å². The third kappa shape index (κ3) is 2.44. The predicted molar refractivity (Wildman–Crippen MR) is 86.3 cm³/mol. The maximum atomic E-state index is 12.3. The van der Waals surface area contributed by atoms with Crippen molar-refractivity contribution in [3.05, 3.63) is 71.8 Å². The Morgan fingerprint density at radius 2 is 1.32 bits per heavy atom. The first-order chi connectivity index (χ1) is 10.6. The standard InChI is InChI=1S/C20H19NO/c1-20(14-21)18(15-8-4-2-5-9-15)12-17(22)13-19(20)16-10-6-3-7-11-16/h2-11,18-19H,12-13H2,1H3. The van der Waals surface area contributed by atoms with Gasteiger partial charge in [0.2, 0.25) is 0 Å². The molecule has 0 aromatic heterocycles. The van der Waals surface area contributed by atoms with Gasteiger partial charge in [-0.25, -0.2) is 0 Å². The van der Waals surface area contributed by atoms with Gasteiger partial charge in [-0.15, -0.1) is 0 Å². The molecule has 3 rings (SSSR count). The number of ketones is 1. The summed E-state index contributed by atoms with van der Waals surface area (Å²) in [6.45, 7) is 2.01. The van der Waals surface area contributed by atoms with Crippen molar-refractivity contribution in [3.8, 4) is 6.07 Å². The summed E-state index contributed by atoms with van der Waals surface area (Å²) >= 11 is 0. The summed E-state index contributed by atoms with van der Waals surface area (Å²) in [5.41, 5.74) is 1.59. The summed E-state index contributed by atoms with van der Waals surface area (Å²) in [6.07, 6.45) is 0.912. The summed E-state index contributed by atoms with van der Waals surface area (Å²) in [4.78, 5) is 12.3. The minimum atomic E-state index is -0.573. The molecular formula is C20H19NO. The maximum Gasteiger partial charge on any atom is 0.134 e. The minimum absolute atomic E-state index is 0.0508. The number of Topliss-reactive ketones (excluding diaryl/α,β-unsaturated/α-hetero) is 1. The van der Waals surface area contributed by atoms with Crippen LogP contribution in [0.4, 0.5) is 0 Å². The fraction of sp³-hybridized carbons (Fsp3) is 0.300. The molecule has 2 unspecified atom stereocenters. The molecule has 0 amide bonds. The summed E-state index contributed by atoms with van der Waals surface area (Å²) < 4.78 is 0. The topological polar surface area (TPSA) is 40.9 Å². The van der Waals surface area contributed by atoms with Gasteiger partial charge < -0.3 is 0 Å². The molecule has 0 radical (unpaired) electrons. The number of benzene rings is 2. The van der Waals surface area contributed by atoms with Crippen LogP contribution in [0.25, 0.3) is 0 Å². The highest BCUT2D eigenvalue weighted by Gasteiger charge is 2.48. The molecule has 2 aromatic carbocycles. The van der Waals surface area contributed by atoms with Crippen molar-refractivity contribution >= 4 is 5.78 Å². The molecule has 110 valence electrons. The predicted octanol–water partition coefficient (Wildman–Crippen LogP) is 4.45. The molecule has 0 aliphatic heterocycles. The Labute approximate surface area is 131 Å². The lowest BCUT2D eigenvalue weighted by molar-refractivity contribution is -0.123. The Balaban J connectivity index is 2.08. The van der Waals surface area contributed by atoms with Crippen LogP contribution in [0.3, 0.4) is 0 Å². The van der Waals surface area contributed by atoms with Gasteiger partial charge in [0.15, 0.2) is 0 Å². The van der Waals surface area contributed by atoms with E-state index in [9.17, 15) is 10.1 Å². The smallest absolute Gasteiger partial charge is 0.134 e. The van der Waals surface area contributed by atoms with E-state index in [0.29, 0.717) is 12.8 Å². The van der Waals surface area contributed by atoms with Crippen LogP contribution in [0.2, 0.25) is 0 Å². The Kier molecular flexibility index (Phi) is 3.81. The summed E-state index contributed by atoms with van der Waals surface area (Å²) in [7, 11) is 0. The molecule has 2 aromatic rings. The summed E-state index contributed by atoms with van der Waals surface area (Å²) in [5, 5.41) is 9.94. The summed E-state index contributed by atoms with van der Waals surface area (Å²) in [5.74, 6) is 0.144. The van der Waals surface area contributed by atoms with Gasteiger partial charge in [0.05, 0.1) is 11.5 Å². The fourth-order valence-electron chi connectivity index (χ4n) is 3.66. The van der Waals surface area contributed by atoms with Crippen LogP contribution in [0, 0.1) is 16.7 Å². The van der Waals surface area contributed by atoms with Crippen LogP contribution in [0.1, 0.15) is 42.7 Å². The van der Waals surface area contributed by atoms with Crippen LogP contribution in [-0.4, -0.2) is 5.78 Å². The van der Waals surface area contributed by atoms with E-state index in [-0.39, 0.29) is 17.6 Å². The largest absolute Gasteiger partial charge is 0.300 e. The van der Waals surface area contributed by atoms with Crippen LogP contribution in [-0.2, 0) is 4.79 Å². The van der Waals surface area contributed by atoms with Crippen LogP contribution in [0.15, 0.2) is 60.7 Å². The number of carbonyl (C=O) groups excluding carboxylic acids is 1. The van der Waals surface area contributed by atoms with Crippen molar-refractivity contribution in [1.29, 1.82) is 5.26 Å². The zero-order valence-electron chi connectivity index (χ0n) is 12.7. The zero-order valence-corrected chi connectivity index (χ0v) is 12.7. The zero-order chi connectivity index (χ0) is 15.6. The molecule has 0 bridgehead atoms. The van der Waals surface area contributed by atoms with Crippen molar-refractivity contribution in [1.82, 2.24) is 0 Å². The number of hydrogen-bond donors (Lipinski definition) is 0. The third-order valence-electron chi connectivity index (χ3n) is 4.96. The van der Waals surface area contributed by atoms with Crippen LogP contribution >= 0.6 is 0 Å². The van der Waals surface area contributed by atoms with Crippen molar-refractivity contribution in [3.63, 3.8) is 0 Å². The van der Waals surface area contributed by atoms with E-state index in [1.165, 1.54) is 0 Å². The van der Waals surface area contributed by atoms with Gasteiger partial charge in [-0.1, -0.05) is 60.7 Å². The highest BCUT2D eigenvalue weighted by atomic mass is 16.1. The van der Waals surface area contributed by atoms with Gasteiger partial charge in [0.1, 0.15) is 5.78 Å². The minimum Gasteiger partial charge on any atom is -0.300 e. The van der Waals surface area contributed by atoms with Gasteiger partial charge in [0.25, 0.3) is 0 Å². The molecule has 1 aliphatic rings. The van der Waals surface area contributed by atoms with Crippen molar-refractivity contribution in [2.24, 2.45) is 5.41 Å². The lowest BCUT2D eigenvalue weighted by atomic mass is 9.58. The van der Waals surface area contributed by atoms with Gasteiger partial charge in [0, 0.05) is 24.7 Å². The highest BCUT2D eigenvalue weighted by molar-refractivity contribution is 5.82. The van der Waals surface area contributed by atoms with E-state index in [0.717, 1.165) is 11.1 Å². The molecule has 1 saturated carbocycles. The molecule has 22 heavy (non-hydrogen) atoms. The van der Waals surface area contributed by atoms with E-state index in [2.05, 4.69) is 6.07 Å². The Morgan fingerprint density at radius 3 is 1.68 bits per heavy atom. The molecular weight excluding hydrogens is 270 g/mol. The average molecular weight is 289 g/mol. The second-order valence-corrected chi connectivity index (χ2v) is 6.27. The first-order valence-electron chi connectivity index (χ1n) is 7.68. The number of rotatable bonds is 2. The third-order valence-corrected chi connectivity index (χ3v) is 4.96. The Hall–Kier alpha value is -2.40. The SMILES string of the molecule is CC1(C#N)C(c2ccccc2)CC(=O)CC1c1ccccc1. The number of hydrogen-bond acceptors (Lipinski definition) is 2. The van der Waals surface area contributed by atoms with Crippen molar-refractivity contribution in [2.75, 3.05) is 0 Å². The fourth-order valence-corrected chi connectivity index (χ4v) is 3.66. The molecule has 0 saturated heterocycles. The lowest BCUT2D eigenvalue weighted by Gasteiger charge is -2.42. The van der Waals surface area contributed by atoms with E-state index in [1.807, 2.05) is 67.6 Å². The Morgan fingerprint density at radius 1 is 0.909 bits per heavy atom. The van der Waals surface area contributed by atoms with Gasteiger partial charge in [-0.05, 0) is 18.1 Å².